The minimum Gasteiger partial charge on any atom is -0.305 e. The van der Waals surface area contributed by atoms with E-state index in [1.807, 2.05) is 12.1 Å². The first kappa shape index (κ1) is 21.5. The number of benzene rings is 2. The van der Waals surface area contributed by atoms with Gasteiger partial charge in [0.25, 0.3) is 15.9 Å². The van der Waals surface area contributed by atoms with Crippen molar-refractivity contribution in [3.8, 4) is 0 Å². The summed E-state index contributed by atoms with van der Waals surface area (Å²) < 4.78 is 29.6. The number of nitrogens with zero attached hydrogens (tertiary/aromatic N) is 3. The number of anilines is 2. The fourth-order valence-electron chi connectivity index (χ4n) is 2.95. The summed E-state index contributed by atoms with van der Waals surface area (Å²) in [5, 5.41) is 7.41. The highest BCUT2D eigenvalue weighted by Gasteiger charge is 2.17. The number of pyridine rings is 1. The molecular weight excluding hydrogens is 450 g/mol. The molecule has 2 aromatic carbocycles. The van der Waals surface area contributed by atoms with E-state index in [0.29, 0.717) is 23.1 Å². The van der Waals surface area contributed by atoms with Gasteiger partial charge in [-0.15, -0.1) is 0 Å². The Morgan fingerprint density at radius 2 is 1.88 bits per heavy atom. The van der Waals surface area contributed by atoms with E-state index < -0.39 is 15.9 Å². The Morgan fingerprint density at radius 3 is 2.66 bits per heavy atom. The van der Waals surface area contributed by atoms with Crippen LogP contribution in [0, 0.1) is 0 Å². The Labute approximate surface area is 189 Å². The second-order valence-electron chi connectivity index (χ2n) is 6.86. The van der Waals surface area contributed by atoms with Crippen molar-refractivity contribution >= 4 is 39.0 Å². The van der Waals surface area contributed by atoms with Gasteiger partial charge in [-0.1, -0.05) is 29.8 Å². The molecule has 0 aliphatic heterocycles. The van der Waals surface area contributed by atoms with Crippen LogP contribution in [0.3, 0.4) is 0 Å². The highest BCUT2D eigenvalue weighted by molar-refractivity contribution is 7.92. The van der Waals surface area contributed by atoms with Crippen LogP contribution in [0.15, 0.2) is 90.2 Å². The van der Waals surface area contributed by atoms with Crippen LogP contribution in [0.1, 0.15) is 15.9 Å². The maximum absolute atomic E-state index is 12.7. The van der Waals surface area contributed by atoms with Gasteiger partial charge in [-0.25, -0.2) is 8.42 Å². The Bertz CT molecular complexity index is 1360. The van der Waals surface area contributed by atoms with Crippen LogP contribution < -0.4 is 10.0 Å². The Morgan fingerprint density at radius 1 is 1.03 bits per heavy atom. The summed E-state index contributed by atoms with van der Waals surface area (Å²) in [5.74, 6) is -0.124. The van der Waals surface area contributed by atoms with E-state index in [9.17, 15) is 13.2 Å². The van der Waals surface area contributed by atoms with Gasteiger partial charge in [-0.3, -0.25) is 19.2 Å². The Kier molecular flexibility index (Phi) is 6.20. The first-order valence-electron chi connectivity index (χ1n) is 9.51. The maximum atomic E-state index is 12.7. The molecule has 4 aromatic rings. The van der Waals surface area contributed by atoms with Crippen LogP contribution in [0.2, 0.25) is 5.02 Å². The quantitative estimate of drug-likeness (QED) is 0.426. The zero-order valence-electron chi connectivity index (χ0n) is 16.6. The minimum absolute atomic E-state index is 0.0489. The third-order valence-electron chi connectivity index (χ3n) is 4.43. The van der Waals surface area contributed by atoms with Crippen LogP contribution in [0.4, 0.5) is 11.5 Å². The van der Waals surface area contributed by atoms with Crippen molar-refractivity contribution in [2.45, 2.75) is 11.4 Å². The SMILES string of the molecule is O=C(Nc1ccn(Cc2cccnc2)n1)c1cccc(S(=O)(=O)Nc2cccc(Cl)c2)c1. The van der Waals surface area contributed by atoms with Gasteiger partial charge in [0.2, 0.25) is 0 Å². The predicted molar refractivity (Wildman–Crippen MR) is 122 cm³/mol. The topological polar surface area (TPSA) is 106 Å². The molecule has 0 saturated heterocycles. The van der Waals surface area contributed by atoms with Crippen molar-refractivity contribution in [1.82, 2.24) is 14.8 Å². The summed E-state index contributed by atoms with van der Waals surface area (Å²) in [4.78, 5) is 16.7. The molecule has 2 N–H and O–H groups in total. The maximum Gasteiger partial charge on any atom is 0.261 e. The number of hydrogen-bond donors (Lipinski definition) is 2. The van der Waals surface area contributed by atoms with Crippen LogP contribution in [0.25, 0.3) is 0 Å². The molecule has 162 valence electrons. The molecular formula is C22H18ClN5O3S. The number of aromatic nitrogens is 3. The first-order valence-corrected chi connectivity index (χ1v) is 11.4. The van der Waals surface area contributed by atoms with E-state index in [1.165, 1.54) is 30.3 Å². The van der Waals surface area contributed by atoms with Gasteiger partial charge >= 0.3 is 0 Å². The van der Waals surface area contributed by atoms with Crippen LogP contribution in [0.5, 0.6) is 0 Å². The lowest BCUT2D eigenvalue weighted by atomic mass is 10.2. The Balaban J connectivity index is 1.46. The van der Waals surface area contributed by atoms with E-state index in [2.05, 4.69) is 20.1 Å². The van der Waals surface area contributed by atoms with E-state index in [4.69, 9.17) is 11.6 Å². The highest BCUT2D eigenvalue weighted by atomic mass is 35.5. The number of amides is 1. The number of rotatable bonds is 7. The van der Waals surface area contributed by atoms with Crippen molar-refractivity contribution in [2.75, 3.05) is 10.0 Å². The molecule has 0 bridgehead atoms. The van der Waals surface area contributed by atoms with Gasteiger partial charge in [0.05, 0.1) is 17.1 Å². The fraction of sp³-hybridized carbons (Fsp3) is 0.0455. The molecule has 0 aliphatic carbocycles. The minimum atomic E-state index is -3.90. The summed E-state index contributed by atoms with van der Waals surface area (Å²) in [7, 11) is -3.90. The molecule has 0 spiro atoms. The fourth-order valence-corrected chi connectivity index (χ4v) is 4.24. The molecule has 32 heavy (non-hydrogen) atoms. The molecule has 8 nitrogen and oxygen atoms in total. The van der Waals surface area contributed by atoms with Crippen molar-refractivity contribution in [3.05, 3.63) is 101 Å². The average Bonchev–Trinajstić information content (AvgIpc) is 3.21. The van der Waals surface area contributed by atoms with Crippen molar-refractivity contribution < 1.29 is 13.2 Å². The Hall–Kier alpha value is -3.69. The van der Waals surface area contributed by atoms with E-state index in [1.54, 1.807) is 47.5 Å². The smallest absolute Gasteiger partial charge is 0.261 e. The second kappa shape index (κ2) is 9.21. The molecule has 0 unspecified atom stereocenters. The summed E-state index contributed by atoms with van der Waals surface area (Å²) in [5.41, 5.74) is 1.48. The first-order chi connectivity index (χ1) is 15.4. The summed E-state index contributed by atoms with van der Waals surface area (Å²) in [6.07, 6.45) is 5.17. The third kappa shape index (κ3) is 5.32. The zero-order valence-corrected chi connectivity index (χ0v) is 18.2. The van der Waals surface area contributed by atoms with E-state index >= 15 is 0 Å². The van der Waals surface area contributed by atoms with Crippen molar-refractivity contribution in [1.29, 1.82) is 0 Å². The number of carbonyl (C=O) groups is 1. The molecule has 4 rings (SSSR count). The van der Waals surface area contributed by atoms with Gasteiger partial charge in [0, 0.05) is 35.2 Å². The van der Waals surface area contributed by atoms with Gasteiger partial charge in [0.1, 0.15) is 0 Å². The van der Waals surface area contributed by atoms with E-state index in [-0.39, 0.29) is 10.5 Å². The van der Waals surface area contributed by atoms with Gasteiger partial charge in [-0.05, 0) is 48.0 Å². The molecule has 0 radical (unpaired) electrons. The monoisotopic (exact) mass is 467 g/mol. The molecule has 10 heteroatoms. The van der Waals surface area contributed by atoms with Gasteiger partial charge in [0.15, 0.2) is 5.82 Å². The number of halogens is 1. The predicted octanol–water partition coefficient (Wildman–Crippen LogP) is 4.03. The van der Waals surface area contributed by atoms with Crippen LogP contribution >= 0.6 is 11.6 Å². The number of sulfonamides is 1. The lowest BCUT2D eigenvalue weighted by Gasteiger charge is -2.10. The average molecular weight is 468 g/mol. The van der Waals surface area contributed by atoms with Crippen molar-refractivity contribution in [2.24, 2.45) is 0 Å². The van der Waals surface area contributed by atoms with Crippen LogP contribution in [-0.2, 0) is 16.6 Å². The largest absolute Gasteiger partial charge is 0.305 e. The number of carbonyl (C=O) groups excluding carboxylic acids is 1. The lowest BCUT2D eigenvalue weighted by Crippen LogP contribution is -2.16. The summed E-state index contributed by atoms with van der Waals surface area (Å²) >= 11 is 5.91. The molecule has 2 aromatic heterocycles. The highest BCUT2D eigenvalue weighted by Crippen LogP contribution is 2.20. The van der Waals surface area contributed by atoms with Crippen LogP contribution in [-0.4, -0.2) is 29.1 Å². The molecule has 0 fully saturated rings. The molecule has 0 saturated carbocycles. The summed E-state index contributed by atoms with van der Waals surface area (Å²) in [6.45, 7) is 0.507. The zero-order chi connectivity index (χ0) is 22.6. The standard InChI is InChI=1S/C22H18ClN5O3S/c23-18-6-2-7-19(13-18)27-32(30,31)20-8-1-5-17(12-20)22(29)25-21-9-11-28(26-21)15-16-4-3-10-24-14-16/h1-14,27H,15H2,(H,25,26,29). The number of hydrogen-bond acceptors (Lipinski definition) is 5. The van der Waals surface area contributed by atoms with Gasteiger partial charge in [-0.2, -0.15) is 5.10 Å². The summed E-state index contributed by atoms with van der Waals surface area (Å²) in [6, 6.07) is 17.5. The normalized spacial score (nSPS) is 11.2. The second-order valence-corrected chi connectivity index (χ2v) is 8.98. The molecule has 0 atom stereocenters. The van der Waals surface area contributed by atoms with Crippen molar-refractivity contribution in [3.63, 3.8) is 0 Å². The van der Waals surface area contributed by atoms with Gasteiger partial charge < -0.3 is 5.32 Å². The number of nitrogens with one attached hydrogen (secondary N) is 2. The third-order valence-corrected chi connectivity index (χ3v) is 6.05. The molecule has 0 aliphatic rings. The molecule has 2 heterocycles. The molecule has 1 amide bonds. The lowest BCUT2D eigenvalue weighted by molar-refractivity contribution is 0.102. The van der Waals surface area contributed by atoms with E-state index in [0.717, 1.165) is 5.56 Å².